The minimum atomic E-state index is -0.256. The molecular formula is C8H14O2S. The lowest BCUT2D eigenvalue weighted by atomic mass is 10.2. The lowest BCUT2D eigenvalue weighted by Gasteiger charge is -1.97. The molecule has 0 spiro atoms. The molecule has 0 saturated carbocycles. The van der Waals surface area contributed by atoms with Crippen molar-refractivity contribution in [2.24, 2.45) is 5.92 Å². The Morgan fingerprint density at radius 2 is 2.27 bits per heavy atom. The van der Waals surface area contributed by atoms with Gasteiger partial charge in [-0.3, -0.25) is 0 Å². The van der Waals surface area contributed by atoms with E-state index in [-0.39, 0.29) is 5.97 Å². The van der Waals surface area contributed by atoms with Crippen molar-refractivity contribution in [3.8, 4) is 0 Å². The van der Waals surface area contributed by atoms with Gasteiger partial charge in [0, 0.05) is 6.08 Å². The summed E-state index contributed by atoms with van der Waals surface area (Å²) in [6, 6.07) is 0. The second-order valence-corrected chi connectivity index (χ2v) is 3.29. The molecule has 0 bridgehead atoms. The summed E-state index contributed by atoms with van der Waals surface area (Å²) in [6.45, 7) is 4.02. The molecule has 0 amide bonds. The highest BCUT2D eigenvalue weighted by Crippen LogP contribution is 1.96. The van der Waals surface area contributed by atoms with Gasteiger partial charge in [0.05, 0.1) is 0 Å². The number of esters is 1. The minimum absolute atomic E-state index is 0.256. The Kier molecular flexibility index (Phi) is 6.03. The molecule has 0 aromatic carbocycles. The van der Waals surface area contributed by atoms with Crippen molar-refractivity contribution in [3.05, 3.63) is 12.2 Å². The van der Waals surface area contributed by atoms with Crippen LogP contribution in [0.5, 0.6) is 0 Å². The monoisotopic (exact) mass is 174 g/mol. The second-order valence-electron chi connectivity index (χ2n) is 2.47. The predicted molar refractivity (Wildman–Crippen MR) is 48.5 cm³/mol. The number of hydrogen-bond donors (Lipinski definition) is 0. The van der Waals surface area contributed by atoms with Crippen LogP contribution in [0, 0.1) is 5.92 Å². The zero-order chi connectivity index (χ0) is 8.69. The quantitative estimate of drug-likeness (QED) is 0.371. The Hall–Kier alpha value is -0.440. The van der Waals surface area contributed by atoms with Crippen LogP contribution in [0.2, 0.25) is 0 Å². The normalized spacial score (nSPS) is 10.9. The fourth-order valence-electron chi connectivity index (χ4n) is 0.436. The molecular weight excluding hydrogens is 160 g/mol. The summed E-state index contributed by atoms with van der Waals surface area (Å²) in [4.78, 5) is 10.8. The maximum atomic E-state index is 10.8. The van der Waals surface area contributed by atoms with Gasteiger partial charge in [0.25, 0.3) is 0 Å². The number of ether oxygens (including phenoxy) is 1. The topological polar surface area (TPSA) is 26.3 Å². The van der Waals surface area contributed by atoms with E-state index in [0.29, 0.717) is 11.9 Å². The lowest BCUT2D eigenvalue weighted by Crippen LogP contribution is -1.99. The fourth-order valence-corrected chi connectivity index (χ4v) is 0.670. The van der Waals surface area contributed by atoms with Crippen molar-refractivity contribution in [2.75, 3.05) is 12.2 Å². The molecule has 0 atom stereocenters. The standard InChI is InChI=1S/C8H14O2S/c1-7(2)4-5-8(9)10-6-11-3/h4-5,7H,6H2,1-3H3/b5-4+. The summed E-state index contributed by atoms with van der Waals surface area (Å²) in [5.74, 6) is 0.575. The molecule has 0 N–H and O–H groups in total. The van der Waals surface area contributed by atoms with E-state index >= 15 is 0 Å². The first-order valence-electron chi connectivity index (χ1n) is 3.50. The highest BCUT2D eigenvalue weighted by Gasteiger charge is 1.94. The van der Waals surface area contributed by atoms with Gasteiger partial charge in [-0.15, -0.1) is 11.8 Å². The van der Waals surface area contributed by atoms with Crippen LogP contribution in [0.15, 0.2) is 12.2 Å². The van der Waals surface area contributed by atoms with Crippen molar-refractivity contribution in [3.63, 3.8) is 0 Å². The van der Waals surface area contributed by atoms with Crippen molar-refractivity contribution in [2.45, 2.75) is 13.8 Å². The van der Waals surface area contributed by atoms with Crippen LogP contribution in [-0.4, -0.2) is 18.2 Å². The van der Waals surface area contributed by atoms with E-state index in [1.165, 1.54) is 17.8 Å². The zero-order valence-corrected chi connectivity index (χ0v) is 7.98. The van der Waals surface area contributed by atoms with Crippen LogP contribution in [-0.2, 0) is 9.53 Å². The average molecular weight is 174 g/mol. The molecule has 0 rings (SSSR count). The molecule has 0 radical (unpaired) electrons. The van der Waals surface area contributed by atoms with Gasteiger partial charge in [-0.2, -0.15) is 0 Å². The van der Waals surface area contributed by atoms with E-state index in [0.717, 1.165) is 0 Å². The average Bonchev–Trinajstić information content (AvgIpc) is 1.97. The first-order chi connectivity index (χ1) is 5.16. The van der Waals surface area contributed by atoms with Crippen molar-refractivity contribution < 1.29 is 9.53 Å². The van der Waals surface area contributed by atoms with Gasteiger partial charge in [0.1, 0.15) is 5.94 Å². The minimum Gasteiger partial charge on any atom is -0.451 e. The van der Waals surface area contributed by atoms with E-state index in [2.05, 4.69) is 0 Å². The molecule has 0 heterocycles. The molecule has 64 valence electrons. The number of carbonyl (C=O) groups is 1. The van der Waals surface area contributed by atoms with Crippen LogP contribution in [0.4, 0.5) is 0 Å². The third-order valence-electron chi connectivity index (χ3n) is 0.936. The summed E-state index contributed by atoms with van der Waals surface area (Å²) in [5.41, 5.74) is 0. The van der Waals surface area contributed by atoms with Crippen LogP contribution in [0.25, 0.3) is 0 Å². The molecule has 11 heavy (non-hydrogen) atoms. The molecule has 0 unspecified atom stereocenters. The fraction of sp³-hybridized carbons (Fsp3) is 0.625. The van der Waals surface area contributed by atoms with Gasteiger partial charge in [-0.1, -0.05) is 19.9 Å². The lowest BCUT2D eigenvalue weighted by molar-refractivity contribution is -0.135. The smallest absolute Gasteiger partial charge is 0.331 e. The van der Waals surface area contributed by atoms with Gasteiger partial charge < -0.3 is 4.74 Å². The Morgan fingerprint density at radius 1 is 1.64 bits per heavy atom. The number of carbonyl (C=O) groups excluding carboxylic acids is 1. The van der Waals surface area contributed by atoms with Gasteiger partial charge >= 0.3 is 5.97 Å². The Bertz CT molecular complexity index is 141. The highest BCUT2D eigenvalue weighted by atomic mass is 32.2. The van der Waals surface area contributed by atoms with E-state index in [4.69, 9.17) is 4.74 Å². The van der Waals surface area contributed by atoms with Gasteiger partial charge in [-0.25, -0.2) is 4.79 Å². The second kappa shape index (κ2) is 6.28. The summed E-state index contributed by atoms with van der Waals surface area (Å²) < 4.78 is 4.78. The SMILES string of the molecule is CSCOC(=O)/C=C/C(C)C. The summed E-state index contributed by atoms with van der Waals surface area (Å²) >= 11 is 1.49. The van der Waals surface area contributed by atoms with Gasteiger partial charge in [0.2, 0.25) is 0 Å². The van der Waals surface area contributed by atoms with Crippen molar-refractivity contribution in [1.82, 2.24) is 0 Å². The largest absolute Gasteiger partial charge is 0.451 e. The zero-order valence-electron chi connectivity index (χ0n) is 7.16. The molecule has 2 nitrogen and oxygen atoms in total. The highest BCUT2D eigenvalue weighted by molar-refractivity contribution is 7.98. The van der Waals surface area contributed by atoms with Gasteiger partial charge in [-0.05, 0) is 12.2 Å². The van der Waals surface area contributed by atoms with Crippen molar-refractivity contribution in [1.29, 1.82) is 0 Å². The van der Waals surface area contributed by atoms with E-state index < -0.39 is 0 Å². The third-order valence-corrected chi connectivity index (χ3v) is 1.29. The van der Waals surface area contributed by atoms with Crippen LogP contribution < -0.4 is 0 Å². The number of thioether (sulfide) groups is 1. The van der Waals surface area contributed by atoms with Crippen LogP contribution in [0.1, 0.15) is 13.8 Å². The number of rotatable bonds is 4. The van der Waals surface area contributed by atoms with Crippen molar-refractivity contribution >= 4 is 17.7 Å². The van der Waals surface area contributed by atoms with Crippen LogP contribution in [0.3, 0.4) is 0 Å². The third kappa shape index (κ3) is 7.46. The molecule has 0 aliphatic rings. The Balaban J connectivity index is 3.51. The maximum absolute atomic E-state index is 10.8. The van der Waals surface area contributed by atoms with E-state index in [1.807, 2.05) is 26.2 Å². The molecule has 0 aliphatic carbocycles. The molecule has 3 heteroatoms. The molecule has 0 aliphatic heterocycles. The molecule has 0 aromatic heterocycles. The first-order valence-corrected chi connectivity index (χ1v) is 4.90. The summed E-state index contributed by atoms with van der Waals surface area (Å²) in [7, 11) is 0. The molecule has 0 fully saturated rings. The predicted octanol–water partition coefficient (Wildman–Crippen LogP) is 2.06. The summed E-state index contributed by atoms with van der Waals surface area (Å²) in [6.07, 6.45) is 5.18. The summed E-state index contributed by atoms with van der Waals surface area (Å²) in [5, 5.41) is 0. The Morgan fingerprint density at radius 3 is 2.73 bits per heavy atom. The Labute approximate surface area is 72.0 Å². The first kappa shape index (κ1) is 10.6. The molecule has 0 aromatic rings. The number of allylic oxidation sites excluding steroid dienone is 1. The maximum Gasteiger partial charge on any atom is 0.331 e. The van der Waals surface area contributed by atoms with Gasteiger partial charge in [0.15, 0.2) is 0 Å². The molecule has 0 saturated heterocycles. The van der Waals surface area contributed by atoms with Crippen LogP contribution >= 0.6 is 11.8 Å². The van der Waals surface area contributed by atoms with E-state index in [9.17, 15) is 4.79 Å². The van der Waals surface area contributed by atoms with E-state index in [1.54, 1.807) is 0 Å². The number of hydrogen-bond acceptors (Lipinski definition) is 3.